The van der Waals surface area contributed by atoms with Crippen molar-refractivity contribution in [3.63, 3.8) is 0 Å². The highest BCUT2D eigenvalue weighted by Gasteiger charge is 2.24. The number of para-hydroxylation sites is 2. The number of benzene rings is 12. The molecule has 78 heavy (non-hydrogen) atoms. The number of aromatic nitrogens is 1. The molecule has 0 unspecified atom stereocenters. The summed E-state index contributed by atoms with van der Waals surface area (Å²) in [6.07, 6.45) is 0. The summed E-state index contributed by atoms with van der Waals surface area (Å²) in [7, 11) is 0. The molecular formula is C76H66N2. The van der Waals surface area contributed by atoms with Crippen LogP contribution in [0.15, 0.2) is 237 Å². The van der Waals surface area contributed by atoms with Crippen molar-refractivity contribution in [3.05, 3.63) is 253 Å². The first-order valence-corrected chi connectivity index (χ1v) is 27.7. The lowest BCUT2D eigenvalue weighted by molar-refractivity contribution is 0.590. The summed E-state index contributed by atoms with van der Waals surface area (Å²) < 4.78 is 2.47. The third-order valence-electron chi connectivity index (χ3n) is 16.4. The summed E-state index contributed by atoms with van der Waals surface area (Å²) in [6.45, 7) is 20.6. The highest BCUT2D eigenvalue weighted by Crippen LogP contribution is 2.48. The van der Waals surface area contributed by atoms with Gasteiger partial charge in [-0.1, -0.05) is 244 Å². The lowest BCUT2D eigenvalue weighted by atomic mass is 9.83. The molecule has 2 heteroatoms. The van der Waals surface area contributed by atoms with Crippen molar-refractivity contribution in [3.8, 4) is 50.2 Å². The molecule has 0 saturated heterocycles. The fraction of sp³-hybridized carbons (Fsp3) is 0.158. The zero-order valence-electron chi connectivity index (χ0n) is 46.4. The van der Waals surface area contributed by atoms with Crippen molar-refractivity contribution in [2.45, 2.75) is 78.6 Å². The van der Waals surface area contributed by atoms with Crippen LogP contribution < -0.4 is 4.90 Å². The first kappa shape index (κ1) is 48.9. The standard InChI is InChI=1S/C76H66N2/c1-74(2,3)57-33-23-49(24-34-57)55-45-56(50-25-35-58(36-26-50)75(4,5)6)47-61(46-55)77(60-38-27-52(28-39-60)67-48-59(76(7,8)9)37-42-62(67)51-17-11-10-12-18-51)70-43-31-53-30-41-66-71(44-32-54-29-40-65(70)72(53)73(54)66)78-68-21-15-13-19-63(68)64-20-14-16-22-69(64)78/h10-48H,1-9H3. The van der Waals surface area contributed by atoms with Crippen molar-refractivity contribution in [1.29, 1.82) is 0 Å². The Balaban J connectivity index is 1.06. The van der Waals surface area contributed by atoms with Gasteiger partial charge in [-0.05, 0) is 154 Å². The third-order valence-corrected chi connectivity index (χ3v) is 16.4. The Morgan fingerprint density at radius 1 is 0.295 bits per heavy atom. The second-order valence-corrected chi connectivity index (χ2v) is 24.6. The number of fused-ring (bicyclic) bond motifs is 3. The smallest absolute Gasteiger partial charge is 0.0541 e. The molecule has 0 aliphatic carbocycles. The average Bonchev–Trinajstić information content (AvgIpc) is 3.99. The number of hydrogen-bond donors (Lipinski definition) is 0. The van der Waals surface area contributed by atoms with E-state index in [9.17, 15) is 0 Å². The van der Waals surface area contributed by atoms with E-state index in [1.165, 1.54) is 121 Å². The fourth-order valence-corrected chi connectivity index (χ4v) is 12.1. The monoisotopic (exact) mass is 1010 g/mol. The summed E-state index contributed by atoms with van der Waals surface area (Å²) in [4.78, 5) is 2.52. The predicted octanol–water partition coefficient (Wildman–Crippen LogP) is 21.7. The van der Waals surface area contributed by atoms with Gasteiger partial charge in [0.15, 0.2) is 0 Å². The van der Waals surface area contributed by atoms with E-state index in [4.69, 9.17) is 0 Å². The van der Waals surface area contributed by atoms with Crippen LogP contribution in [0, 0.1) is 0 Å². The summed E-state index contributed by atoms with van der Waals surface area (Å²) in [5.74, 6) is 0. The lowest BCUT2D eigenvalue weighted by Crippen LogP contribution is -2.12. The van der Waals surface area contributed by atoms with E-state index >= 15 is 0 Å². The minimum Gasteiger partial charge on any atom is -0.310 e. The van der Waals surface area contributed by atoms with Gasteiger partial charge in [-0.3, -0.25) is 0 Å². The Hall–Kier alpha value is -8.72. The molecule has 0 bridgehead atoms. The summed E-state index contributed by atoms with van der Waals surface area (Å²) in [5, 5.41) is 9.96. The van der Waals surface area contributed by atoms with Gasteiger partial charge in [0.2, 0.25) is 0 Å². The van der Waals surface area contributed by atoms with Gasteiger partial charge >= 0.3 is 0 Å². The Kier molecular flexibility index (Phi) is 11.6. The molecule has 0 N–H and O–H groups in total. The maximum absolute atomic E-state index is 2.52. The van der Waals surface area contributed by atoms with Gasteiger partial charge in [0.05, 0.1) is 22.4 Å². The highest BCUT2D eigenvalue weighted by atomic mass is 15.1. The first-order chi connectivity index (χ1) is 37.6. The molecule has 0 saturated carbocycles. The molecule has 380 valence electrons. The topological polar surface area (TPSA) is 8.17 Å². The van der Waals surface area contributed by atoms with Crippen LogP contribution in [0.3, 0.4) is 0 Å². The van der Waals surface area contributed by atoms with E-state index in [1.54, 1.807) is 0 Å². The first-order valence-electron chi connectivity index (χ1n) is 27.7. The van der Waals surface area contributed by atoms with E-state index in [2.05, 4.69) is 308 Å². The van der Waals surface area contributed by atoms with E-state index in [0.29, 0.717) is 0 Å². The molecule has 0 radical (unpaired) electrons. The predicted molar refractivity (Wildman–Crippen MR) is 337 cm³/mol. The van der Waals surface area contributed by atoms with Gasteiger partial charge in [-0.15, -0.1) is 0 Å². The van der Waals surface area contributed by atoms with Gasteiger partial charge in [-0.25, -0.2) is 0 Å². The van der Waals surface area contributed by atoms with Gasteiger partial charge in [0, 0.05) is 32.9 Å². The molecule has 0 fully saturated rings. The largest absolute Gasteiger partial charge is 0.310 e. The quantitative estimate of drug-likeness (QED) is 0.138. The molecule has 1 heterocycles. The minimum absolute atomic E-state index is 0.0111. The maximum atomic E-state index is 2.52. The van der Waals surface area contributed by atoms with Crippen LogP contribution in [0.5, 0.6) is 0 Å². The molecule has 13 rings (SSSR count). The molecule has 12 aromatic carbocycles. The molecule has 0 aliphatic rings. The number of rotatable bonds is 8. The van der Waals surface area contributed by atoms with E-state index in [0.717, 1.165) is 17.1 Å². The zero-order chi connectivity index (χ0) is 53.7. The second kappa shape index (κ2) is 18.5. The average molecular weight is 1010 g/mol. The van der Waals surface area contributed by atoms with Crippen LogP contribution in [0.1, 0.15) is 79.0 Å². The SMILES string of the molecule is CC(C)(C)c1ccc(-c2cc(-c3ccc(C(C)(C)C)cc3)cc(N(c3ccc(-c4cc(C(C)(C)C)ccc4-c4ccccc4)cc3)c3ccc4ccc5c(-n6c7ccccc7c7ccccc76)ccc6ccc3c4c65)c2)cc1. The molecule has 0 atom stereocenters. The molecular weight excluding hydrogens is 941 g/mol. The Morgan fingerprint density at radius 2 is 0.756 bits per heavy atom. The van der Waals surface area contributed by atoms with Crippen molar-refractivity contribution in [2.75, 3.05) is 4.90 Å². The summed E-state index contributed by atoms with van der Waals surface area (Å²) in [5.41, 5.74) is 20.5. The van der Waals surface area contributed by atoms with E-state index in [1.807, 2.05) is 0 Å². The number of anilines is 3. The van der Waals surface area contributed by atoms with Crippen molar-refractivity contribution in [1.82, 2.24) is 4.57 Å². The van der Waals surface area contributed by atoms with Gasteiger partial charge < -0.3 is 9.47 Å². The van der Waals surface area contributed by atoms with E-state index < -0.39 is 0 Å². The van der Waals surface area contributed by atoms with Gasteiger partial charge in [0.1, 0.15) is 0 Å². The van der Waals surface area contributed by atoms with Crippen LogP contribution in [0.4, 0.5) is 17.1 Å². The maximum Gasteiger partial charge on any atom is 0.0541 e. The van der Waals surface area contributed by atoms with Crippen LogP contribution in [-0.2, 0) is 16.2 Å². The van der Waals surface area contributed by atoms with Crippen molar-refractivity contribution < 1.29 is 0 Å². The Labute approximate surface area is 460 Å². The summed E-state index contributed by atoms with van der Waals surface area (Å²) >= 11 is 0. The van der Waals surface area contributed by atoms with Gasteiger partial charge in [0.25, 0.3) is 0 Å². The van der Waals surface area contributed by atoms with Crippen molar-refractivity contribution >= 4 is 71.2 Å². The van der Waals surface area contributed by atoms with Crippen molar-refractivity contribution in [2.24, 2.45) is 0 Å². The Bertz CT molecular complexity index is 4250. The fourth-order valence-electron chi connectivity index (χ4n) is 12.1. The molecule has 0 spiro atoms. The minimum atomic E-state index is -0.0111. The zero-order valence-corrected chi connectivity index (χ0v) is 46.4. The highest BCUT2D eigenvalue weighted by molar-refractivity contribution is 6.27. The second-order valence-electron chi connectivity index (χ2n) is 24.6. The molecule has 1 aromatic heterocycles. The van der Waals surface area contributed by atoms with Crippen LogP contribution in [-0.4, -0.2) is 4.57 Å². The van der Waals surface area contributed by atoms with Gasteiger partial charge in [-0.2, -0.15) is 0 Å². The van der Waals surface area contributed by atoms with Crippen LogP contribution >= 0.6 is 0 Å². The number of nitrogens with zero attached hydrogens (tertiary/aromatic N) is 2. The van der Waals surface area contributed by atoms with Crippen LogP contribution in [0.25, 0.3) is 104 Å². The lowest BCUT2D eigenvalue weighted by Gasteiger charge is -2.29. The summed E-state index contributed by atoms with van der Waals surface area (Å²) in [6, 6.07) is 89.3. The van der Waals surface area contributed by atoms with Crippen LogP contribution in [0.2, 0.25) is 0 Å². The molecule has 0 amide bonds. The molecule has 2 nitrogen and oxygen atoms in total. The molecule has 13 aromatic rings. The number of hydrogen-bond acceptors (Lipinski definition) is 1. The third kappa shape index (κ3) is 8.52. The molecule has 0 aliphatic heterocycles. The normalized spacial score (nSPS) is 12.4. The Morgan fingerprint density at radius 3 is 1.32 bits per heavy atom. The van der Waals surface area contributed by atoms with E-state index in [-0.39, 0.29) is 16.2 Å².